The molecule has 0 N–H and O–H groups in total. The van der Waals surface area contributed by atoms with Crippen LogP contribution in [0, 0.1) is 11.2 Å². The maximum absolute atomic E-state index is 13.8. The Morgan fingerprint density at radius 3 is 2.75 bits per heavy atom. The smallest absolute Gasteiger partial charge is 0.129 e. The van der Waals surface area contributed by atoms with Gasteiger partial charge >= 0.3 is 0 Å². The normalized spacial score (nSPS) is 18.1. The van der Waals surface area contributed by atoms with Gasteiger partial charge in [-0.1, -0.05) is 38.1 Å². The SMILES string of the molecule is CC(=O)CCCc1ccc(OC2C=CCC(C)(C)C2)cc1-c1cccc(F)c1. The Bertz CT molecular complexity index is 867. The summed E-state index contributed by atoms with van der Waals surface area (Å²) in [5, 5.41) is 0. The zero-order valence-corrected chi connectivity index (χ0v) is 17.0. The Hall–Kier alpha value is -2.42. The number of carbonyl (C=O) groups excluding carboxylic acids is 1. The third-order valence-corrected chi connectivity index (χ3v) is 5.25. The summed E-state index contributed by atoms with van der Waals surface area (Å²) < 4.78 is 20.1. The number of carbonyl (C=O) groups is 1. The first-order valence-corrected chi connectivity index (χ1v) is 10.0. The summed E-state index contributed by atoms with van der Waals surface area (Å²) >= 11 is 0. The van der Waals surface area contributed by atoms with Crippen molar-refractivity contribution < 1.29 is 13.9 Å². The molecule has 1 unspecified atom stereocenters. The Kier molecular flexibility index (Phi) is 6.33. The number of rotatable bonds is 7. The van der Waals surface area contributed by atoms with Crippen molar-refractivity contribution in [2.45, 2.75) is 59.0 Å². The van der Waals surface area contributed by atoms with Crippen molar-refractivity contribution in [1.29, 1.82) is 0 Å². The van der Waals surface area contributed by atoms with Crippen LogP contribution >= 0.6 is 0 Å². The third kappa shape index (κ3) is 5.54. The van der Waals surface area contributed by atoms with Crippen molar-refractivity contribution in [1.82, 2.24) is 0 Å². The van der Waals surface area contributed by atoms with E-state index in [2.05, 4.69) is 26.0 Å². The number of allylic oxidation sites excluding steroid dienone is 1. The molecular formula is C25H29FO2. The molecule has 0 saturated carbocycles. The van der Waals surface area contributed by atoms with Crippen LogP contribution < -0.4 is 4.74 Å². The molecular weight excluding hydrogens is 351 g/mol. The van der Waals surface area contributed by atoms with Gasteiger partial charge in [0.05, 0.1) is 0 Å². The van der Waals surface area contributed by atoms with Crippen LogP contribution in [0.25, 0.3) is 11.1 Å². The predicted molar refractivity (Wildman–Crippen MR) is 112 cm³/mol. The second-order valence-electron chi connectivity index (χ2n) is 8.54. The zero-order chi connectivity index (χ0) is 20.1. The van der Waals surface area contributed by atoms with E-state index in [0.29, 0.717) is 6.42 Å². The average Bonchev–Trinajstić information content (AvgIpc) is 2.61. The van der Waals surface area contributed by atoms with E-state index in [1.165, 1.54) is 6.07 Å². The molecule has 0 aromatic heterocycles. The number of ketones is 1. The Labute approximate surface area is 167 Å². The molecule has 2 nitrogen and oxygen atoms in total. The molecule has 0 bridgehead atoms. The molecule has 0 spiro atoms. The minimum atomic E-state index is -0.254. The number of halogens is 1. The average molecular weight is 381 g/mol. The molecule has 3 heteroatoms. The highest BCUT2D eigenvalue weighted by Gasteiger charge is 2.25. The van der Waals surface area contributed by atoms with Crippen molar-refractivity contribution in [3.63, 3.8) is 0 Å². The van der Waals surface area contributed by atoms with Gasteiger partial charge in [-0.25, -0.2) is 4.39 Å². The van der Waals surface area contributed by atoms with E-state index in [1.54, 1.807) is 19.1 Å². The van der Waals surface area contributed by atoms with E-state index < -0.39 is 0 Å². The van der Waals surface area contributed by atoms with E-state index in [4.69, 9.17) is 4.74 Å². The molecule has 1 atom stereocenters. The number of hydrogen-bond acceptors (Lipinski definition) is 2. The molecule has 0 fully saturated rings. The number of benzene rings is 2. The fourth-order valence-electron chi connectivity index (χ4n) is 3.79. The molecule has 28 heavy (non-hydrogen) atoms. The third-order valence-electron chi connectivity index (χ3n) is 5.25. The van der Waals surface area contributed by atoms with Crippen LogP contribution in [-0.4, -0.2) is 11.9 Å². The van der Waals surface area contributed by atoms with Gasteiger partial charge in [-0.3, -0.25) is 0 Å². The zero-order valence-electron chi connectivity index (χ0n) is 17.0. The highest BCUT2D eigenvalue weighted by Crippen LogP contribution is 2.35. The van der Waals surface area contributed by atoms with E-state index >= 15 is 0 Å². The van der Waals surface area contributed by atoms with Gasteiger partial charge in [0.25, 0.3) is 0 Å². The second kappa shape index (κ2) is 8.72. The van der Waals surface area contributed by atoms with Gasteiger partial charge in [0.1, 0.15) is 23.5 Å². The van der Waals surface area contributed by atoms with E-state index in [1.807, 2.05) is 24.3 Å². The molecule has 0 aliphatic heterocycles. The molecule has 1 aliphatic carbocycles. The first-order valence-electron chi connectivity index (χ1n) is 10.0. The summed E-state index contributed by atoms with van der Waals surface area (Å²) in [6.45, 7) is 6.12. The lowest BCUT2D eigenvalue weighted by atomic mass is 9.80. The van der Waals surface area contributed by atoms with Crippen LogP contribution in [-0.2, 0) is 11.2 Å². The summed E-state index contributed by atoms with van der Waals surface area (Å²) in [7, 11) is 0. The van der Waals surface area contributed by atoms with Gasteiger partial charge in [0.2, 0.25) is 0 Å². The number of hydrogen-bond donors (Lipinski definition) is 0. The van der Waals surface area contributed by atoms with E-state index in [-0.39, 0.29) is 23.1 Å². The largest absolute Gasteiger partial charge is 0.486 e. The number of Topliss-reactive ketones (excluding diaryl/α,β-unsaturated/α-hetero) is 1. The van der Waals surface area contributed by atoms with Gasteiger partial charge in [-0.2, -0.15) is 0 Å². The van der Waals surface area contributed by atoms with Crippen molar-refractivity contribution >= 4 is 5.78 Å². The quantitative estimate of drug-likeness (QED) is 0.511. The van der Waals surface area contributed by atoms with Gasteiger partial charge in [-0.15, -0.1) is 0 Å². The minimum Gasteiger partial charge on any atom is -0.486 e. The molecule has 0 heterocycles. The molecule has 148 valence electrons. The number of ether oxygens (including phenoxy) is 1. The molecule has 0 saturated heterocycles. The van der Waals surface area contributed by atoms with Crippen LogP contribution in [0.5, 0.6) is 5.75 Å². The van der Waals surface area contributed by atoms with Crippen LogP contribution in [0.2, 0.25) is 0 Å². The Balaban J connectivity index is 1.86. The first kappa shape index (κ1) is 20.3. The summed E-state index contributed by atoms with van der Waals surface area (Å²) in [6, 6.07) is 12.7. The molecule has 3 rings (SSSR count). The standard InChI is InChI=1S/C25H29FO2/c1-18(27)7-4-8-19-12-13-22(28-23-11-6-14-25(2,3)17-23)16-24(19)20-9-5-10-21(26)15-20/h5-6,9-13,15-16,23H,4,7-8,14,17H2,1-3H3. The molecule has 0 radical (unpaired) electrons. The van der Waals surface area contributed by atoms with Crippen molar-refractivity contribution in [2.75, 3.05) is 0 Å². The van der Waals surface area contributed by atoms with Gasteiger partial charge < -0.3 is 9.53 Å². The molecule has 0 amide bonds. The summed E-state index contributed by atoms with van der Waals surface area (Å²) in [6.07, 6.45) is 8.54. The minimum absolute atomic E-state index is 0.0488. The van der Waals surface area contributed by atoms with E-state index in [0.717, 1.165) is 48.1 Å². The maximum atomic E-state index is 13.8. The summed E-state index contributed by atoms with van der Waals surface area (Å²) in [4.78, 5) is 11.3. The molecule has 1 aliphatic rings. The Morgan fingerprint density at radius 2 is 2.04 bits per heavy atom. The topological polar surface area (TPSA) is 26.3 Å². The van der Waals surface area contributed by atoms with Gasteiger partial charge in [0, 0.05) is 6.42 Å². The second-order valence-corrected chi connectivity index (χ2v) is 8.54. The van der Waals surface area contributed by atoms with Crippen LogP contribution in [0.4, 0.5) is 4.39 Å². The van der Waals surface area contributed by atoms with Crippen molar-refractivity contribution in [3.8, 4) is 16.9 Å². The van der Waals surface area contributed by atoms with Crippen LogP contribution in [0.15, 0.2) is 54.6 Å². The summed E-state index contributed by atoms with van der Waals surface area (Å²) in [5.74, 6) is 0.733. The van der Waals surface area contributed by atoms with Gasteiger partial charge in [0.15, 0.2) is 0 Å². The maximum Gasteiger partial charge on any atom is 0.129 e. The van der Waals surface area contributed by atoms with Crippen LogP contribution in [0.3, 0.4) is 0 Å². The lowest BCUT2D eigenvalue weighted by Gasteiger charge is -2.31. The molecule has 2 aromatic rings. The predicted octanol–water partition coefficient (Wildman–Crippen LogP) is 6.53. The van der Waals surface area contributed by atoms with Crippen LogP contribution in [0.1, 0.15) is 52.0 Å². The van der Waals surface area contributed by atoms with E-state index in [9.17, 15) is 9.18 Å². The fourth-order valence-corrected chi connectivity index (χ4v) is 3.79. The summed E-state index contributed by atoms with van der Waals surface area (Å²) in [5.41, 5.74) is 3.15. The van der Waals surface area contributed by atoms with Crippen molar-refractivity contribution in [2.24, 2.45) is 5.41 Å². The Morgan fingerprint density at radius 1 is 1.21 bits per heavy atom. The molecule has 2 aromatic carbocycles. The monoisotopic (exact) mass is 380 g/mol. The highest BCUT2D eigenvalue weighted by atomic mass is 19.1. The first-order chi connectivity index (χ1) is 13.3. The van der Waals surface area contributed by atoms with Gasteiger partial charge in [-0.05, 0) is 85.1 Å². The lowest BCUT2D eigenvalue weighted by molar-refractivity contribution is -0.117. The number of aryl methyl sites for hydroxylation is 1. The lowest BCUT2D eigenvalue weighted by Crippen LogP contribution is -2.26. The highest BCUT2D eigenvalue weighted by molar-refractivity contribution is 5.75. The van der Waals surface area contributed by atoms with Crippen molar-refractivity contribution in [3.05, 3.63) is 66.0 Å². The fraction of sp³-hybridized carbons (Fsp3) is 0.400.